The molecule has 20 heavy (non-hydrogen) atoms. The van der Waals surface area contributed by atoms with Crippen LogP contribution in [0.3, 0.4) is 0 Å². The van der Waals surface area contributed by atoms with Crippen molar-refractivity contribution in [1.82, 2.24) is 0 Å². The third kappa shape index (κ3) is 2.08. The maximum Gasteiger partial charge on any atom is 0.441 e. The molecule has 0 fully saturated rings. The highest BCUT2D eigenvalue weighted by atomic mass is 32.1. The molecule has 1 heterocycles. The lowest BCUT2D eigenvalue weighted by Gasteiger charge is -2.18. The maximum absolute atomic E-state index is 13.0. The van der Waals surface area contributed by atoms with E-state index in [4.69, 9.17) is 0 Å². The van der Waals surface area contributed by atoms with Gasteiger partial charge in [0.2, 0.25) is 0 Å². The Labute approximate surface area is 116 Å². The number of fused-ring (bicyclic) bond motifs is 3. The van der Waals surface area contributed by atoms with E-state index in [0.717, 1.165) is 20.2 Å². The topological polar surface area (TPSA) is 49.4 Å². The molecule has 3 aromatic rings. The molecule has 2 aromatic carbocycles. The van der Waals surface area contributed by atoms with Crippen LogP contribution in [0.25, 0.3) is 20.2 Å². The predicted octanol–water partition coefficient (Wildman–Crippen LogP) is 2.78. The summed E-state index contributed by atoms with van der Waals surface area (Å²) in [5, 5.41) is 11.9. The minimum absolute atomic E-state index is 0.213. The fourth-order valence-corrected chi connectivity index (χ4v) is 3.04. The van der Waals surface area contributed by atoms with Gasteiger partial charge in [0.25, 0.3) is 0 Å². The highest BCUT2D eigenvalue weighted by Gasteiger charge is 2.34. The van der Waals surface area contributed by atoms with E-state index in [9.17, 15) is 18.7 Å². The molecule has 0 bridgehead atoms. The van der Waals surface area contributed by atoms with E-state index < -0.39 is 12.1 Å². The van der Waals surface area contributed by atoms with Gasteiger partial charge in [0.05, 0.1) is 0 Å². The van der Waals surface area contributed by atoms with Crippen molar-refractivity contribution in [3.63, 3.8) is 0 Å². The fourth-order valence-electron chi connectivity index (χ4n) is 1.96. The first-order valence-electron chi connectivity index (χ1n) is 5.67. The van der Waals surface area contributed by atoms with Crippen molar-refractivity contribution >= 4 is 37.5 Å². The summed E-state index contributed by atoms with van der Waals surface area (Å²) in [6.07, 6.45) is -4.35. The maximum atomic E-state index is 13.0. The molecular formula is C14H7F2O3S-. The number of hydrogen-bond donors (Lipinski definition) is 0. The third-order valence-corrected chi connectivity index (χ3v) is 3.98. The fraction of sp³-hybridized carbons (Fsp3) is 0.0714. The van der Waals surface area contributed by atoms with Crippen molar-refractivity contribution in [2.45, 2.75) is 6.11 Å². The Balaban J connectivity index is 2.10. The molecule has 0 aliphatic rings. The van der Waals surface area contributed by atoms with E-state index >= 15 is 0 Å². The first-order chi connectivity index (χ1) is 9.47. The van der Waals surface area contributed by atoms with Crippen molar-refractivity contribution in [2.75, 3.05) is 0 Å². The van der Waals surface area contributed by atoms with Crippen LogP contribution in [-0.2, 0) is 4.79 Å². The van der Waals surface area contributed by atoms with E-state index in [1.54, 1.807) is 6.07 Å². The smallest absolute Gasteiger partial charge is 0.441 e. The van der Waals surface area contributed by atoms with E-state index in [2.05, 4.69) is 4.74 Å². The Kier molecular flexibility index (Phi) is 2.83. The molecule has 0 atom stereocenters. The van der Waals surface area contributed by atoms with Gasteiger partial charge in [-0.25, -0.2) is 0 Å². The van der Waals surface area contributed by atoms with Gasteiger partial charge < -0.3 is 14.6 Å². The molecule has 0 aliphatic heterocycles. The SMILES string of the molecule is O=C([O-])C(F)(F)Oc1ccc2sc3ccccc3c2c1. The first-order valence-corrected chi connectivity index (χ1v) is 6.48. The molecule has 1 aromatic heterocycles. The number of ether oxygens (including phenoxy) is 1. The van der Waals surface area contributed by atoms with Crippen LogP contribution < -0.4 is 9.84 Å². The van der Waals surface area contributed by atoms with Crippen LogP contribution in [0.1, 0.15) is 0 Å². The third-order valence-electron chi connectivity index (χ3n) is 2.83. The van der Waals surface area contributed by atoms with Crippen LogP contribution in [0.15, 0.2) is 42.5 Å². The number of rotatable bonds is 3. The molecule has 0 radical (unpaired) electrons. The molecule has 0 unspecified atom stereocenters. The molecule has 0 aliphatic carbocycles. The minimum atomic E-state index is -4.35. The van der Waals surface area contributed by atoms with Gasteiger partial charge in [-0.3, -0.25) is 0 Å². The van der Waals surface area contributed by atoms with Crippen LogP contribution in [0.4, 0.5) is 8.78 Å². The molecular weight excluding hydrogens is 286 g/mol. The van der Waals surface area contributed by atoms with Crippen LogP contribution in [0.5, 0.6) is 5.75 Å². The molecule has 3 nitrogen and oxygen atoms in total. The second kappa shape index (κ2) is 4.42. The minimum Gasteiger partial charge on any atom is -0.541 e. The summed E-state index contributed by atoms with van der Waals surface area (Å²) >= 11 is 1.52. The molecule has 0 saturated heterocycles. The second-order valence-corrected chi connectivity index (χ2v) is 5.25. The normalized spacial score (nSPS) is 11.9. The summed E-state index contributed by atoms with van der Waals surface area (Å²) in [6, 6.07) is 11.9. The van der Waals surface area contributed by atoms with E-state index in [0.29, 0.717) is 0 Å². The number of carbonyl (C=O) groups excluding carboxylic acids is 1. The average Bonchev–Trinajstić information content (AvgIpc) is 2.76. The second-order valence-electron chi connectivity index (χ2n) is 4.16. The zero-order chi connectivity index (χ0) is 14.3. The van der Waals surface area contributed by atoms with Crippen LogP contribution in [0, 0.1) is 0 Å². The Morgan fingerprint density at radius 2 is 1.80 bits per heavy atom. The van der Waals surface area contributed by atoms with E-state index in [1.807, 2.05) is 24.3 Å². The van der Waals surface area contributed by atoms with Crippen molar-refractivity contribution in [1.29, 1.82) is 0 Å². The average molecular weight is 293 g/mol. The van der Waals surface area contributed by atoms with Crippen molar-refractivity contribution < 1.29 is 23.4 Å². The lowest BCUT2D eigenvalue weighted by molar-refractivity contribution is -0.350. The van der Waals surface area contributed by atoms with Gasteiger partial charge in [0.1, 0.15) is 5.75 Å². The van der Waals surface area contributed by atoms with Crippen LogP contribution in [0.2, 0.25) is 0 Å². The molecule has 3 rings (SSSR count). The largest absolute Gasteiger partial charge is 0.541 e. The predicted molar refractivity (Wildman–Crippen MR) is 69.9 cm³/mol. The van der Waals surface area contributed by atoms with Gasteiger partial charge in [0.15, 0.2) is 5.97 Å². The molecule has 0 spiro atoms. The van der Waals surface area contributed by atoms with E-state index in [1.165, 1.54) is 23.5 Å². The molecule has 0 N–H and O–H groups in total. The van der Waals surface area contributed by atoms with Crippen LogP contribution >= 0.6 is 11.3 Å². The number of hydrogen-bond acceptors (Lipinski definition) is 4. The molecule has 6 heteroatoms. The van der Waals surface area contributed by atoms with Gasteiger partial charge >= 0.3 is 6.11 Å². The summed E-state index contributed by atoms with van der Waals surface area (Å²) in [5.41, 5.74) is 0. The number of halogens is 2. The highest BCUT2D eigenvalue weighted by molar-refractivity contribution is 7.25. The van der Waals surface area contributed by atoms with Crippen LogP contribution in [-0.4, -0.2) is 12.1 Å². The molecule has 0 amide bonds. The van der Waals surface area contributed by atoms with Gasteiger partial charge in [-0.2, -0.15) is 8.78 Å². The molecule has 102 valence electrons. The number of aliphatic carboxylic acids is 1. The Morgan fingerprint density at radius 1 is 1.10 bits per heavy atom. The lowest BCUT2D eigenvalue weighted by atomic mass is 10.1. The Bertz CT molecular complexity index is 810. The van der Waals surface area contributed by atoms with Gasteiger partial charge in [-0.05, 0) is 24.3 Å². The Morgan fingerprint density at radius 3 is 2.55 bits per heavy atom. The number of carbonyl (C=O) groups is 1. The van der Waals surface area contributed by atoms with Crippen molar-refractivity contribution in [3.8, 4) is 5.75 Å². The highest BCUT2D eigenvalue weighted by Crippen LogP contribution is 2.36. The summed E-state index contributed by atoms with van der Waals surface area (Å²) < 4.78 is 32.1. The number of benzene rings is 2. The number of carboxylic acids is 1. The van der Waals surface area contributed by atoms with Gasteiger partial charge in [-0.15, -0.1) is 11.3 Å². The zero-order valence-electron chi connectivity index (χ0n) is 9.93. The standard InChI is InChI=1S/C14H8F2O3S/c15-14(16,13(17)18)19-8-5-6-12-10(7-8)9-3-1-2-4-11(9)20-12/h1-7H,(H,17,18)/p-1. The zero-order valence-corrected chi connectivity index (χ0v) is 10.7. The number of carboxylic acid groups (broad SMARTS) is 1. The summed E-state index contributed by atoms with van der Waals surface area (Å²) in [4.78, 5) is 10.3. The monoisotopic (exact) mass is 293 g/mol. The van der Waals surface area contributed by atoms with Gasteiger partial charge in [0, 0.05) is 20.2 Å². The van der Waals surface area contributed by atoms with Gasteiger partial charge in [-0.1, -0.05) is 18.2 Å². The molecule has 0 saturated carbocycles. The van der Waals surface area contributed by atoms with Crippen molar-refractivity contribution in [2.24, 2.45) is 0 Å². The number of thiophene rings is 1. The summed E-state index contributed by atoms with van der Waals surface area (Å²) in [6.45, 7) is 0. The summed E-state index contributed by atoms with van der Waals surface area (Å²) in [5.74, 6) is -2.77. The first kappa shape index (κ1) is 12.8. The van der Waals surface area contributed by atoms with Crippen molar-refractivity contribution in [3.05, 3.63) is 42.5 Å². The number of alkyl halides is 2. The quantitative estimate of drug-likeness (QED) is 0.746. The Hall–Kier alpha value is -2.21. The summed E-state index contributed by atoms with van der Waals surface area (Å²) in [7, 11) is 0. The lowest BCUT2D eigenvalue weighted by Crippen LogP contribution is -2.45. The van der Waals surface area contributed by atoms with E-state index in [-0.39, 0.29) is 5.75 Å².